The molecular weight excluding hydrogens is 322 g/mol. The Morgan fingerprint density at radius 1 is 1.33 bits per heavy atom. The lowest BCUT2D eigenvalue weighted by Crippen LogP contribution is -2.35. The molecule has 0 unspecified atom stereocenters. The summed E-state index contributed by atoms with van der Waals surface area (Å²) in [5, 5.41) is 13.5. The van der Waals surface area contributed by atoms with E-state index in [9.17, 15) is 4.79 Å². The number of hydrogen-bond donors (Lipinski definition) is 1. The Labute approximate surface area is 145 Å². The Morgan fingerprint density at radius 3 is 2.92 bits per heavy atom. The predicted octanol–water partition coefficient (Wildman–Crippen LogP) is 1.78. The normalized spacial score (nSPS) is 23.3. The van der Waals surface area contributed by atoms with E-state index in [1.54, 1.807) is 0 Å². The van der Waals surface area contributed by atoms with Crippen molar-refractivity contribution in [3.05, 3.63) is 34.0 Å². The fraction of sp³-hybridized carbons (Fsp3) is 0.588. The molecule has 0 spiro atoms. The van der Waals surface area contributed by atoms with Crippen molar-refractivity contribution in [3.8, 4) is 0 Å². The first-order valence-corrected chi connectivity index (χ1v) is 9.46. The lowest BCUT2D eigenvalue weighted by atomic mass is 9.89. The summed E-state index contributed by atoms with van der Waals surface area (Å²) in [5.74, 6) is 2.52. The fourth-order valence-corrected chi connectivity index (χ4v) is 4.61. The molecule has 2 aliphatic heterocycles. The van der Waals surface area contributed by atoms with E-state index in [4.69, 9.17) is 0 Å². The van der Waals surface area contributed by atoms with Crippen LogP contribution in [-0.4, -0.2) is 44.7 Å². The van der Waals surface area contributed by atoms with Gasteiger partial charge in [-0.3, -0.25) is 9.69 Å². The van der Waals surface area contributed by atoms with Gasteiger partial charge in [-0.1, -0.05) is 6.07 Å². The van der Waals surface area contributed by atoms with Crippen LogP contribution in [0, 0.1) is 11.8 Å². The molecule has 0 radical (unpaired) electrons. The number of aromatic nitrogens is 3. The van der Waals surface area contributed by atoms with Gasteiger partial charge in [0.15, 0.2) is 0 Å². The molecule has 2 aliphatic rings. The molecule has 1 fully saturated rings. The minimum absolute atomic E-state index is 0.106. The molecule has 2 aromatic heterocycles. The van der Waals surface area contributed by atoms with Gasteiger partial charge in [-0.2, -0.15) is 0 Å². The summed E-state index contributed by atoms with van der Waals surface area (Å²) in [4.78, 5) is 16.3. The highest BCUT2D eigenvalue weighted by atomic mass is 32.1. The first-order chi connectivity index (χ1) is 11.6. The second-order valence-corrected chi connectivity index (χ2v) is 8.21. The number of thiophene rings is 1. The van der Waals surface area contributed by atoms with Gasteiger partial charge in [0, 0.05) is 43.5 Å². The summed E-state index contributed by atoms with van der Waals surface area (Å²) >= 11 is 1.82. The van der Waals surface area contributed by atoms with Crippen LogP contribution in [-0.2, 0) is 19.5 Å². The van der Waals surface area contributed by atoms with Crippen molar-refractivity contribution in [2.24, 2.45) is 11.8 Å². The molecule has 7 heteroatoms. The maximum Gasteiger partial charge on any atom is 0.289 e. The fourth-order valence-electron chi connectivity index (χ4n) is 3.87. The van der Waals surface area contributed by atoms with Crippen molar-refractivity contribution in [1.29, 1.82) is 0 Å². The largest absolute Gasteiger partial charge is 0.347 e. The molecule has 0 aliphatic carbocycles. The quantitative estimate of drug-likeness (QED) is 0.917. The topological polar surface area (TPSA) is 63.1 Å². The van der Waals surface area contributed by atoms with Crippen molar-refractivity contribution in [1.82, 2.24) is 25.0 Å². The van der Waals surface area contributed by atoms with Gasteiger partial charge in [0.1, 0.15) is 5.82 Å². The van der Waals surface area contributed by atoms with Gasteiger partial charge in [0.25, 0.3) is 5.91 Å². The van der Waals surface area contributed by atoms with Crippen molar-refractivity contribution in [2.45, 2.75) is 39.4 Å². The third-order valence-corrected chi connectivity index (χ3v) is 5.78. The van der Waals surface area contributed by atoms with Crippen LogP contribution >= 0.6 is 11.3 Å². The molecule has 0 bridgehead atoms. The smallest absolute Gasteiger partial charge is 0.289 e. The minimum Gasteiger partial charge on any atom is -0.347 e. The monoisotopic (exact) mass is 345 g/mol. The molecule has 6 nitrogen and oxygen atoms in total. The zero-order chi connectivity index (χ0) is 16.7. The average molecular weight is 345 g/mol. The molecule has 1 amide bonds. The maximum atomic E-state index is 12.3. The molecule has 4 heterocycles. The standard InChI is InChI=1S/C17H23N5OS/c1-11(2)18-17(23)16-20-19-15-6-12-7-21(8-13(12)9-22(15)16)10-14-4-3-5-24-14/h3-5,11-13H,6-10H2,1-2H3,(H,18,23)/t12-,13-/m1/s1. The third-order valence-electron chi connectivity index (χ3n) is 4.92. The van der Waals surface area contributed by atoms with Gasteiger partial charge in [-0.15, -0.1) is 21.5 Å². The van der Waals surface area contributed by atoms with Crippen LogP contribution in [0.25, 0.3) is 0 Å². The average Bonchev–Trinajstić information content (AvgIpc) is 3.22. The van der Waals surface area contributed by atoms with Crippen molar-refractivity contribution >= 4 is 17.2 Å². The van der Waals surface area contributed by atoms with Gasteiger partial charge in [0.2, 0.25) is 5.82 Å². The first kappa shape index (κ1) is 15.8. The Balaban J connectivity index is 1.46. The molecule has 1 N–H and O–H groups in total. The summed E-state index contributed by atoms with van der Waals surface area (Å²) in [5.41, 5.74) is 0. The van der Waals surface area contributed by atoms with E-state index in [0.717, 1.165) is 38.4 Å². The van der Waals surface area contributed by atoms with E-state index in [2.05, 4.69) is 37.9 Å². The second-order valence-electron chi connectivity index (χ2n) is 7.18. The summed E-state index contributed by atoms with van der Waals surface area (Å²) in [6, 6.07) is 4.43. The number of likely N-dealkylation sites (tertiary alicyclic amines) is 1. The van der Waals surface area contributed by atoms with E-state index < -0.39 is 0 Å². The number of carbonyl (C=O) groups is 1. The molecule has 4 rings (SSSR count). The number of carbonyl (C=O) groups excluding carboxylic acids is 1. The zero-order valence-corrected chi connectivity index (χ0v) is 14.9. The molecule has 2 atom stereocenters. The highest BCUT2D eigenvalue weighted by Crippen LogP contribution is 2.33. The van der Waals surface area contributed by atoms with E-state index in [0.29, 0.717) is 17.7 Å². The number of nitrogens with one attached hydrogen (secondary N) is 1. The Morgan fingerprint density at radius 2 is 2.17 bits per heavy atom. The Kier molecular flexibility index (Phi) is 4.14. The van der Waals surface area contributed by atoms with Crippen molar-refractivity contribution < 1.29 is 4.79 Å². The lowest BCUT2D eigenvalue weighted by molar-refractivity contribution is 0.0924. The summed E-state index contributed by atoms with van der Waals surface area (Å²) in [7, 11) is 0. The van der Waals surface area contributed by atoms with Crippen molar-refractivity contribution in [2.75, 3.05) is 13.1 Å². The minimum atomic E-state index is -0.115. The van der Waals surface area contributed by atoms with E-state index >= 15 is 0 Å². The number of hydrogen-bond acceptors (Lipinski definition) is 5. The van der Waals surface area contributed by atoms with Gasteiger partial charge < -0.3 is 9.88 Å². The zero-order valence-electron chi connectivity index (χ0n) is 14.1. The van der Waals surface area contributed by atoms with Gasteiger partial charge >= 0.3 is 0 Å². The highest BCUT2D eigenvalue weighted by Gasteiger charge is 2.39. The summed E-state index contributed by atoms with van der Waals surface area (Å²) in [6.45, 7) is 8.01. The van der Waals surface area contributed by atoms with Crippen LogP contribution in [0.3, 0.4) is 0 Å². The second kappa shape index (κ2) is 6.29. The SMILES string of the molecule is CC(C)NC(=O)c1nnc2n1C[C@H]1CN(Cc3cccs3)C[C@H]1C2. The molecule has 0 aromatic carbocycles. The molecule has 2 aromatic rings. The molecule has 128 valence electrons. The van der Waals surface area contributed by atoms with E-state index in [1.165, 1.54) is 4.88 Å². The maximum absolute atomic E-state index is 12.3. The van der Waals surface area contributed by atoms with Crippen LogP contribution < -0.4 is 5.32 Å². The van der Waals surface area contributed by atoms with Crippen LogP contribution in [0.5, 0.6) is 0 Å². The molecular formula is C17H23N5OS. The van der Waals surface area contributed by atoms with Gasteiger partial charge in [-0.05, 0) is 37.1 Å². The van der Waals surface area contributed by atoms with Crippen LogP contribution in [0.1, 0.15) is 35.2 Å². The van der Waals surface area contributed by atoms with Crippen LogP contribution in [0.2, 0.25) is 0 Å². The van der Waals surface area contributed by atoms with Crippen LogP contribution in [0.4, 0.5) is 0 Å². The van der Waals surface area contributed by atoms with E-state index in [-0.39, 0.29) is 11.9 Å². The Hall–Kier alpha value is -1.73. The van der Waals surface area contributed by atoms with E-state index in [1.807, 2.05) is 29.8 Å². The van der Waals surface area contributed by atoms with Crippen LogP contribution in [0.15, 0.2) is 17.5 Å². The third kappa shape index (κ3) is 2.98. The number of nitrogens with zero attached hydrogens (tertiary/aromatic N) is 4. The van der Waals surface area contributed by atoms with Crippen molar-refractivity contribution in [3.63, 3.8) is 0 Å². The number of fused-ring (bicyclic) bond motifs is 2. The van der Waals surface area contributed by atoms with Gasteiger partial charge in [0.05, 0.1) is 0 Å². The number of rotatable bonds is 4. The summed E-state index contributed by atoms with van der Waals surface area (Å²) < 4.78 is 2.04. The lowest BCUT2D eigenvalue weighted by Gasteiger charge is -2.25. The predicted molar refractivity (Wildman–Crippen MR) is 92.9 cm³/mol. The van der Waals surface area contributed by atoms with Gasteiger partial charge in [-0.25, -0.2) is 0 Å². The first-order valence-electron chi connectivity index (χ1n) is 8.58. The molecule has 1 saturated heterocycles. The molecule has 0 saturated carbocycles. The molecule has 24 heavy (non-hydrogen) atoms. The summed E-state index contributed by atoms with van der Waals surface area (Å²) in [6.07, 6.45) is 0.924. The Bertz CT molecular complexity index is 723. The highest BCUT2D eigenvalue weighted by molar-refractivity contribution is 7.09. The number of amides is 1.